The molecule has 0 amide bonds. The van der Waals surface area contributed by atoms with Crippen molar-refractivity contribution in [3.8, 4) is 16.5 Å². The highest BCUT2D eigenvalue weighted by Crippen LogP contribution is 2.43. The summed E-state index contributed by atoms with van der Waals surface area (Å²) in [4.78, 5) is 5.21. The van der Waals surface area contributed by atoms with Gasteiger partial charge in [0, 0.05) is 17.5 Å². The maximum Gasteiger partial charge on any atom is 0.239 e. The third kappa shape index (κ3) is 3.11. The molecule has 0 aliphatic carbocycles. The largest absolute Gasteiger partial charge is 0.369 e. The second-order valence-electron chi connectivity index (χ2n) is 5.96. The first-order chi connectivity index (χ1) is 11.7. The molecule has 3 rings (SSSR count). The van der Waals surface area contributed by atoms with E-state index < -0.39 is 15.6 Å². The van der Waals surface area contributed by atoms with Gasteiger partial charge in [-0.3, -0.25) is 0 Å². The molecule has 0 bridgehead atoms. The minimum atomic E-state index is -3.57. The van der Waals surface area contributed by atoms with Gasteiger partial charge in [-0.25, -0.2) is 17.7 Å². The van der Waals surface area contributed by atoms with Gasteiger partial charge < -0.3 is 5.73 Å². The lowest BCUT2D eigenvalue weighted by molar-refractivity contribution is 0.478. The fourth-order valence-corrected chi connectivity index (χ4v) is 5.67. The summed E-state index contributed by atoms with van der Waals surface area (Å²) in [6.45, 7) is 1.70. The van der Waals surface area contributed by atoms with Gasteiger partial charge in [0.15, 0.2) is 0 Å². The van der Waals surface area contributed by atoms with Crippen molar-refractivity contribution in [1.82, 2.24) is 4.31 Å². The zero-order valence-electron chi connectivity index (χ0n) is 13.5. The molecule has 0 radical (unpaired) electrons. The van der Waals surface area contributed by atoms with Gasteiger partial charge in [-0.2, -0.15) is 5.26 Å². The van der Waals surface area contributed by atoms with E-state index in [4.69, 9.17) is 22.6 Å². The average molecular weight is 395 g/mol. The third-order valence-corrected chi connectivity index (χ3v) is 7.46. The number of guanidine groups is 1. The van der Waals surface area contributed by atoms with E-state index in [0.717, 1.165) is 14.7 Å². The number of hydrogen-bond donors (Lipinski definition) is 1. The summed E-state index contributed by atoms with van der Waals surface area (Å²) >= 11 is 7.72. The van der Waals surface area contributed by atoms with Crippen LogP contribution in [0.1, 0.15) is 18.1 Å². The first-order valence-corrected chi connectivity index (χ1v) is 10.1. The maximum atomic E-state index is 12.3. The van der Waals surface area contributed by atoms with Crippen LogP contribution in [0.3, 0.4) is 0 Å². The second kappa shape index (κ2) is 6.02. The van der Waals surface area contributed by atoms with Crippen LogP contribution < -0.4 is 5.73 Å². The van der Waals surface area contributed by atoms with E-state index in [1.807, 2.05) is 12.1 Å². The maximum absolute atomic E-state index is 12.3. The van der Waals surface area contributed by atoms with Crippen LogP contribution in [0, 0.1) is 11.3 Å². The number of halogens is 1. The van der Waals surface area contributed by atoms with E-state index in [9.17, 15) is 8.42 Å². The Kier molecular flexibility index (Phi) is 4.27. The van der Waals surface area contributed by atoms with Crippen molar-refractivity contribution < 1.29 is 8.42 Å². The molecule has 0 saturated carbocycles. The van der Waals surface area contributed by atoms with Crippen LogP contribution in [0.2, 0.25) is 4.34 Å². The van der Waals surface area contributed by atoms with Gasteiger partial charge in [0.1, 0.15) is 5.54 Å². The second-order valence-corrected chi connectivity index (χ2v) is 9.61. The molecule has 6 nitrogen and oxygen atoms in total. The zero-order valence-corrected chi connectivity index (χ0v) is 15.9. The van der Waals surface area contributed by atoms with E-state index in [1.165, 1.54) is 18.4 Å². The molecule has 1 aromatic heterocycles. The minimum absolute atomic E-state index is 0.0657. The van der Waals surface area contributed by atoms with Crippen LogP contribution in [0.25, 0.3) is 10.4 Å². The van der Waals surface area contributed by atoms with Crippen LogP contribution in [0.4, 0.5) is 0 Å². The van der Waals surface area contributed by atoms with Gasteiger partial charge in [-0.05, 0) is 30.7 Å². The van der Waals surface area contributed by atoms with Gasteiger partial charge in [0.2, 0.25) is 16.0 Å². The summed E-state index contributed by atoms with van der Waals surface area (Å²) in [7, 11) is -2.19. The van der Waals surface area contributed by atoms with Crippen LogP contribution in [-0.4, -0.2) is 31.5 Å². The Balaban J connectivity index is 2.11. The molecule has 1 aliphatic heterocycles. The van der Waals surface area contributed by atoms with Crippen molar-refractivity contribution in [1.29, 1.82) is 5.26 Å². The predicted octanol–water partition coefficient (Wildman–Crippen LogP) is 2.75. The first kappa shape index (κ1) is 17.7. The lowest BCUT2D eigenvalue weighted by Gasteiger charge is -2.34. The van der Waals surface area contributed by atoms with Crippen molar-refractivity contribution in [3.63, 3.8) is 0 Å². The summed E-state index contributed by atoms with van der Waals surface area (Å²) in [5.74, 6) is -0.283. The molecule has 2 heterocycles. The number of nitriles is 1. The Morgan fingerprint density at radius 1 is 1.44 bits per heavy atom. The lowest BCUT2D eigenvalue weighted by Crippen LogP contribution is -2.50. The van der Waals surface area contributed by atoms with Crippen molar-refractivity contribution in [2.75, 3.05) is 12.8 Å². The molecule has 25 heavy (non-hydrogen) atoms. The Labute approximate surface area is 155 Å². The minimum Gasteiger partial charge on any atom is -0.369 e. The topological polar surface area (TPSA) is 99.5 Å². The number of thiophene rings is 1. The van der Waals surface area contributed by atoms with Crippen LogP contribution in [0.15, 0.2) is 35.3 Å². The van der Waals surface area contributed by atoms with E-state index in [-0.39, 0.29) is 11.7 Å². The fraction of sp³-hybridized carbons (Fsp3) is 0.250. The first-order valence-electron chi connectivity index (χ1n) is 7.28. The van der Waals surface area contributed by atoms with Crippen LogP contribution in [-0.2, 0) is 15.6 Å². The summed E-state index contributed by atoms with van der Waals surface area (Å²) in [5.41, 5.74) is 6.72. The SMILES string of the molecule is CN1C(N)=N[C@](C)(c2cc(-c3cccc(C#N)c3)sc2Cl)CS1(=O)=O. The monoisotopic (exact) mass is 394 g/mol. The van der Waals surface area contributed by atoms with E-state index >= 15 is 0 Å². The standard InChI is InChI=1S/C16H15ClN4O2S2/c1-16(9-25(22,23)21(2)15(19)20-16)12-7-13(24-14(12)17)11-5-3-4-10(6-11)8-18/h3-7H,9H2,1-2H3,(H2,19,20)/t16-/m0/s1. The molecule has 1 atom stereocenters. The Morgan fingerprint density at radius 2 is 2.16 bits per heavy atom. The molecule has 0 fully saturated rings. The molecule has 1 aliphatic rings. The van der Waals surface area contributed by atoms with Gasteiger partial charge in [-0.15, -0.1) is 11.3 Å². The molecule has 9 heteroatoms. The Bertz CT molecular complexity index is 1020. The van der Waals surface area contributed by atoms with E-state index in [0.29, 0.717) is 15.5 Å². The average Bonchev–Trinajstić information content (AvgIpc) is 2.95. The normalized spacial score (nSPS) is 22.3. The van der Waals surface area contributed by atoms with Gasteiger partial charge >= 0.3 is 0 Å². The summed E-state index contributed by atoms with van der Waals surface area (Å²) in [5, 5.41) is 9.05. The summed E-state index contributed by atoms with van der Waals surface area (Å²) in [6.07, 6.45) is 0. The smallest absolute Gasteiger partial charge is 0.239 e. The van der Waals surface area contributed by atoms with Crippen LogP contribution in [0.5, 0.6) is 0 Å². The number of aliphatic imine (C=N–C) groups is 1. The molecule has 130 valence electrons. The molecule has 0 unspecified atom stereocenters. The molecule has 1 aromatic carbocycles. The Hall–Kier alpha value is -2.08. The highest BCUT2D eigenvalue weighted by Gasteiger charge is 2.42. The number of benzene rings is 1. The molecule has 0 saturated heterocycles. The van der Waals surface area contributed by atoms with E-state index in [2.05, 4.69) is 11.1 Å². The molecular weight excluding hydrogens is 380 g/mol. The predicted molar refractivity (Wildman–Crippen MR) is 100 cm³/mol. The quantitative estimate of drug-likeness (QED) is 0.846. The number of nitrogens with zero attached hydrogens (tertiary/aromatic N) is 3. The van der Waals surface area contributed by atoms with E-state index in [1.54, 1.807) is 25.1 Å². The van der Waals surface area contributed by atoms with Crippen molar-refractivity contribution in [3.05, 3.63) is 45.8 Å². The number of rotatable bonds is 2. The number of nitrogens with two attached hydrogens (primary N) is 1. The number of sulfonamides is 1. The lowest BCUT2D eigenvalue weighted by atomic mass is 9.96. The summed E-state index contributed by atoms with van der Waals surface area (Å²) < 4.78 is 26.1. The Morgan fingerprint density at radius 3 is 2.80 bits per heavy atom. The molecular formula is C16H15ClN4O2S2. The van der Waals surface area contributed by atoms with Crippen LogP contribution >= 0.6 is 22.9 Å². The molecule has 2 N–H and O–H groups in total. The zero-order chi connectivity index (χ0) is 18.4. The van der Waals surface area contributed by atoms with Crippen molar-refractivity contribution in [2.24, 2.45) is 10.7 Å². The highest BCUT2D eigenvalue weighted by molar-refractivity contribution is 7.89. The third-order valence-electron chi connectivity index (χ3n) is 4.11. The molecule has 0 spiro atoms. The highest BCUT2D eigenvalue weighted by atomic mass is 35.5. The van der Waals surface area contributed by atoms with Crippen molar-refractivity contribution >= 4 is 38.9 Å². The molecule has 2 aromatic rings. The van der Waals surface area contributed by atoms with Crippen molar-refractivity contribution in [2.45, 2.75) is 12.5 Å². The number of hydrogen-bond acceptors (Lipinski definition) is 6. The summed E-state index contributed by atoms with van der Waals surface area (Å²) in [6, 6.07) is 11.1. The van der Waals surface area contributed by atoms with Gasteiger partial charge in [0.25, 0.3) is 0 Å². The fourth-order valence-electron chi connectivity index (χ4n) is 2.71. The van der Waals surface area contributed by atoms with Gasteiger partial charge in [0.05, 0.1) is 21.7 Å². The van der Waals surface area contributed by atoms with Gasteiger partial charge in [-0.1, -0.05) is 23.7 Å².